The van der Waals surface area contributed by atoms with Crippen LogP contribution < -0.4 is 10.6 Å². The number of benzene rings is 1. The van der Waals surface area contributed by atoms with Crippen LogP contribution >= 0.6 is 0 Å². The van der Waals surface area contributed by atoms with E-state index >= 15 is 0 Å². The van der Waals surface area contributed by atoms with E-state index < -0.39 is 22.7 Å². The average molecular weight is 452 g/mol. The van der Waals surface area contributed by atoms with E-state index in [0.29, 0.717) is 22.8 Å². The average Bonchev–Trinajstić information content (AvgIpc) is 2.79. The molecule has 10 nitrogen and oxygen atoms in total. The standard InChI is InChI=1S/C23H24N4O6/c1-14-19(22(28)26-18-9-4-5-10-24-18)21(16-7-6-8-17(13-16)27(30)31)20(15(2)25-14)23(29)33-12-11-32-3/h4-10,13,21,25H,11-12H2,1-3H3,(H,24,26,28). The molecule has 0 radical (unpaired) electrons. The third-order valence-corrected chi connectivity index (χ3v) is 5.07. The number of dihydropyridines is 1. The summed E-state index contributed by atoms with van der Waals surface area (Å²) in [7, 11) is 1.48. The number of nitro groups is 1. The van der Waals surface area contributed by atoms with Crippen LogP contribution in [0.1, 0.15) is 25.3 Å². The van der Waals surface area contributed by atoms with Gasteiger partial charge in [-0.2, -0.15) is 0 Å². The van der Waals surface area contributed by atoms with Crippen molar-refractivity contribution in [2.24, 2.45) is 0 Å². The number of hydrogen-bond donors (Lipinski definition) is 2. The monoisotopic (exact) mass is 452 g/mol. The number of non-ortho nitro benzene ring substituents is 1. The van der Waals surface area contributed by atoms with E-state index in [1.54, 1.807) is 38.1 Å². The first-order chi connectivity index (χ1) is 15.8. The van der Waals surface area contributed by atoms with Crippen LogP contribution in [0.3, 0.4) is 0 Å². The highest BCUT2D eigenvalue weighted by Crippen LogP contribution is 2.40. The summed E-state index contributed by atoms with van der Waals surface area (Å²) >= 11 is 0. The number of ether oxygens (including phenoxy) is 2. The van der Waals surface area contributed by atoms with Crippen LogP contribution in [0.25, 0.3) is 0 Å². The van der Waals surface area contributed by atoms with Gasteiger partial charge in [0, 0.05) is 42.4 Å². The summed E-state index contributed by atoms with van der Waals surface area (Å²) in [5.41, 5.74) is 1.66. The maximum atomic E-state index is 13.3. The maximum Gasteiger partial charge on any atom is 0.336 e. The van der Waals surface area contributed by atoms with Gasteiger partial charge in [0.25, 0.3) is 11.6 Å². The Labute approximate surface area is 190 Å². The van der Waals surface area contributed by atoms with Gasteiger partial charge in [-0.25, -0.2) is 9.78 Å². The van der Waals surface area contributed by atoms with E-state index in [-0.39, 0.29) is 30.0 Å². The van der Waals surface area contributed by atoms with E-state index in [1.807, 2.05) is 0 Å². The minimum Gasteiger partial charge on any atom is -0.460 e. The van der Waals surface area contributed by atoms with E-state index in [2.05, 4.69) is 15.6 Å². The minimum atomic E-state index is -0.898. The number of esters is 1. The highest BCUT2D eigenvalue weighted by molar-refractivity contribution is 6.08. The quantitative estimate of drug-likeness (QED) is 0.270. The molecule has 1 aliphatic heterocycles. The largest absolute Gasteiger partial charge is 0.460 e. The number of nitrogens with one attached hydrogen (secondary N) is 2. The Morgan fingerprint density at radius 2 is 1.88 bits per heavy atom. The highest BCUT2D eigenvalue weighted by Gasteiger charge is 2.38. The smallest absolute Gasteiger partial charge is 0.336 e. The Bertz CT molecular complexity index is 1130. The lowest BCUT2D eigenvalue weighted by Crippen LogP contribution is -2.34. The number of aromatic nitrogens is 1. The van der Waals surface area contributed by atoms with Crippen molar-refractivity contribution < 1.29 is 24.0 Å². The molecule has 0 saturated carbocycles. The molecule has 2 aromatic rings. The van der Waals surface area contributed by atoms with Gasteiger partial charge < -0.3 is 20.1 Å². The zero-order valence-electron chi connectivity index (χ0n) is 18.5. The predicted molar refractivity (Wildman–Crippen MR) is 120 cm³/mol. The lowest BCUT2D eigenvalue weighted by Gasteiger charge is -2.30. The second-order valence-corrected chi connectivity index (χ2v) is 7.29. The molecule has 1 atom stereocenters. The molecule has 0 spiro atoms. The Hall–Kier alpha value is -4.05. The molecule has 1 unspecified atom stereocenters. The molecule has 3 rings (SSSR count). The number of carbonyl (C=O) groups is 2. The molecular weight excluding hydrogens is 428 g/mol. The SMILES string of the molecule is COCCOC(=O)C1=C(C)NC(C)=C(C(=O)Nc2ccccn2)C1c1cccc([N+](=O)[O-])c1. The minimum absolute atomic E-state index is 0.0198. The molecule has 2 heterocycles. The van der Waals surface area contributed by atoms with Crippen molar-refractivity contribution in [2.45, 2.75) is 19.8 Å². The second-order valence-electron chi connectivity index (χ2n) is 7.29. The molecule has 1 aromatic heterocycles. The fraction of sp³-hybridized carbons (Fsp3) is 0.261. The van der Waals surface area contributed by atoms with Crippen molar-refractivity contribution >= 4 is 23.4 Å². The normalized spacial score (nSPS) is 15.7. The Kier molecular flexibility index (Phi) is 7.52. The molecule has 33 heavy (non-hydrogen) atoms. The number of pyridine rings is 1. The molecule has 0 aliphatic carbocycles. The molecule has 0 saturated heterocycles. The Morgan fingerprint density at radius 1 is 1.12 bits per heavy atom. The van der Waals surface area contributed by atoms with E-state index in [1.165, 1.54) is 31.5 Å². The number of carbonyl (C=O) groups excluding carboxylic acids is 2. The van der Waals surface area contributed by atoms with E-state index in [0.717, 1.165) is 0 Å². The molecule has 1 aromatic carbocycles. The molecule has 1 amide bonds. The fourth-order valence-corrected chi connectivity index (χ4v) is 3.63. The van der Waals surface area contributed by atoms with Crippen LogP contribution in [0, 0.1) is 10.1 Å². The number of amides is 1. The summed E-state index contributed by atoms with van der Waals surface area (Å²) in [6.45, 7) is 3.61. The summed E-state index contributed by atoms with van der Waals surface area (Å²) in [6.07, 6.45) is 1.54. The zero-order chi connectivity index (χ0) is 24.0. The summed E-state index contributed by atoms with van der Waals surface area (Å²) in [5.74, 6) is -1.71. The number of methoxy groups -OCH3 is 1. The highest BCUT2D eigenvalue weighted by atomic mass is 16.6. The Balaban J connectivity index is 2.08. The van der Waals surface area contributed by atoms with Gasteiger partial charge in [0.15, 0.2) is 0 Å². The van der Waals surface area contributed by atoms with Crippen molar-refractivity contribution in [3.05, 3.63) is 86.9 Å². The zero-order valence-corrected chi connectivity index (χ0v) is 18.5. The topological polar surface area (TPSA) is 133 Å². The van der Waals surface area contributed by atoms with Crippen molar-refractivity contribution in [2.75, 3.05) is 25.6 Å². The van der Waals surface area contributed by atoms with Crippen LogP contribution in [0.15, 0.2) is 71.2 Å². The van der Waals surface area contributed by atoms with Crippen LogP contribution in [0.2, 0.25) is 0 Å². The lowest BCUT2D eigenvalue weighted by atomic mass is 9.80. The molecule has 10 heteroatoms. The summed E-state index contributed by atoms with van der Waals surface area (Å²) in [5, 5.41) is 17.2. The van der Waals surface area contributed by atoms with Crippen molar-refractivity contribution in [1.29, 1.82) is 0 Å². The molecule has 0 fully saturated rings. The van der Waals surface area contributed by atoms with Crippen LogP contribution in [0.5, 0.6) is 0 Å². The van der Waals surface area contributed by atoms with E-state index in [4.69, 9.17) is 9.47 Å². The number of rotatable bonds is 8. The number of hydrogen-bond acceptors (Lipinski definition) is 8. The number of allylic oxidation sites excluding steroid dienone is 2. The number of nitrogens with zero attached hydrogens (tertiary/aromatic N) is 2. The number of anilines is 1. The van der Waals surface area contributed by atoms with Crippen molar-refractivity contribution in [3.8, 4) is 0 Å². The van der Waals surface area contributed by atoms with Gasteiger partial charge in [0.1, 0.15) is 12.4 Å². The molecular formula is C23H24N4O6. The molecule has 0 bridgehead atoms. The molecule has 172 valence electrons. The predicted octanol–water partition coefficient (Wildman–Crippen LogP) is 3.05. The van der Waals surface area contributed by atoms with Gasteiger partial charge in [-0.1, -0.05) is 18.2 Å². The summed E-state index contributed by atoms with van der Waals surface area (Å²) in [6, 6.07) is 10.9. The second kappa shape index (κ2) is 10.5. The maximum absolute atomic E-state index is 13.3. The van der Waals surface area contributed by atoms with E-state index in [9.17, 15) is 19.7 Å². The number of nitro benzene ring substituents is 1. The first-order valence-electron chi connectivity index (χ1n) is 10.1. The van der Waals surface area contributed by atoms with Gasteiger partial charge in [0.05, 0.1) is 23.0 Å². The van der Waals surface area contributed by atoms with Gasteiger partial charge in [0.2, 0.25) is 0 Å². The van der Waals surface area contributed by atoms with Gasteiger partial charge >= 0.3 is 5.97 Å². The van der Waals surface area contributed by atoms with Crippen LogP contribution in [0.4, 0.5) is 11.5 Å². The van der Waals surface area contributed by atoms with Crippen molar-refractivity contribution in [3.63, 3.8) is 0 Å². The first kappa shape index (κ1) is 23.6. The third kappa shape index (κ3) is 5.42. The van der Waals surface area contributed by atoms with Gasteiger partial charge in [-0.05, 0) is 31.5 Å². The van der Waals surface area contributed by atoms with Crippen molar-refractivity contribution in [1.82, 2.24) is 10.3 Å². The van der Waals surface area contributed by atoms with Gasteiger partial charge in [-0.3, -0.25) is 14.9 Å². The Morgan fingerprint density at radius 3 is 2.55 bits per heavy atom. The van der Waals surface area contributed by atoms with Crippen LogP contribution in [-0.4, -0.2) is 42.1 Å². The fourth-order valence-electron chi connectivity index (χ4n) is 3.63. The summed E-state index contributed by atoms with van der Waals surface area (Å²) in [4.78, 5) is 41.4. The molecule has 2 N–H and O–H groups in total. The lowest BCUT2D eigenvalue weighted by molar-refractivity contribution is -0.384. The molecule has 1 aliphatic rings. The van der Waals surface area contributed by atoms with Gasteiger partial charge in [-0.15, -0.1) is 0 Å². The summed E-state index contributed by atoms with van der Waals surface area (Å²) < 4.78 is 10.3. The van der Waals surface area contributed by atoms with Crippen LogP contribution in [-0.2, 0) is 19.1 Å². The third-order valence-electron chi connectivity index (χ3n) is 5.07. The first-order valence-corrected chi connectivity index (χ1v) is 10.1.